The van der Waals surface area contributed by atoms with Gasteiger partial charge in [0.05, 0.1) is 13.2 Å². The third-order valence-corrected chi connectivity index (χ3v) is 6.98. The molecule has 2 nitrogen and oxygen atoms in total. The third kappa shape index (κ3) is 5.89. The number of benzene rings is 1. The zero-order valence-corrected chi connectivity index (χ0v) is 16.0. The van der Waals surface area contributed by atoms with Gasteiger partial charge in [0, 0.05) is 16.2 Å². The second-order valence-corrected chi connectivity index (χ2v) is 9.28. The molecule has 2 fully saturated rings. The van der Waals surface area contributed by atoms with Crippen molar-refractivity contribution in [3.63, 3.8) is 0 Å². The summed E-state index contributed by atoms with van der Waals surface area (Å²) in [6.07, 6.45) is 14.8. The van der Waals surface area contributed by atoms with Crippen LogP contribution < -0.4 is 4.74 Å². The average molecular weight is 373 g/mol. The normalized spacial score (nSPS) is 19.8. The van der Waals surface area contributed by atoms with Gasteiger partial charge in [0.1, 0.15) is 11.5 Å². The highest BCUT2D eigenvalue weighted by Gasteiger charge is 2.22. The Labute approximate surface area is 158 Å². The summed E-state index contributed by atoms with van der Waals surface area (Å²) < 4.78 is 11.7. The van der Waals surface area contributed by atoms with E-state index in [9.17, 15) is 0 Å². The highest BCUT2D eigenvalue weighted by atomic mass is 33.1. The van der Waals surface area contributed by atoms with Crippen molar-refractivity contribution in [2.24, 2.45) is 11.8 Å². The van der Waals surface area contributed by atoms with Crippen LogP contribution in [0, 0.1) is 11.8 Å². The Morgan fingerprint density at radius 2 is 1.76 bits per heavy atom. The molecule has 0 N–H and O–H groups in total. The van der Waals surface area contributed by atoms with E-state index in [-0.39, 0.29) is 0 Å². The second kappa shape index (κ2) is 8.41. The highest BCUT2D eigenvalue weighted by molar-refractivity contribution is 8.78. The standard InChI is InChI=1S/C21H24O2S2/c1-3-18(22-14-16-7-8-16)11-12-20(5-1)24-25-21-6-2-4-19(13-21)23-15-17-9-10-17/h1-6,11,13,16-17H,7-10,12,14-15H2. The lowest BCUT2D eigenvalue weighted by atomic mass is 10.3. The zero-order chi connectivity index (χ0) is 16.9. The van der Waals surface area contributed by atoms with Crippen molar-refractivity contribution in [1.82, 2.24) is 0 Å². The summed E-state index contributed by atoms with van der Waals surface area (Å²) in [5, 5.41) is 0. The Hall–Kier alpha value is -1.26. The molecule has 3 aliphatic rings. The Morgan fingerprint density at radius 1 is 0.960 bits per heavy atom. The van der Waals surface area contributed by atoms with E-state index in [2.05, 4.69) is 48.6 Å². The van der Waals surface area contributed by atoms with Gasteiger partial charge in [-0.05, 0) is 67.9 Å². The zero-order valence-electron chi connectivity index (χ0n) is 14.4. The Balaban J connectivity index is 1.25. The van der Waals surface area contributed by atoms with E-state index < -0.39 is 0 Å². The molecule has 1 aromatic rings. The number of rotatable bonds is 9. The lowest BCUT2D eigenvalue weighted by molar-refractivity contribution is 0.210. The van der Waals surface area contributed by atoms with Crippen molar-refractivity contribution in [2.75, 3.05) is 13.2 Å². The van der Waals surface area contributed by atoms with Crippen LogP contribution in [0.4, 0.5) is 0 Å². The van der Waals surface area contributed by atoms with Gasteiger partial charge in [-0.2, -0.15) is 0 Å². The molecule has 0 radical (unpaired) electrons. The van der Waals surface area contributed by atoms with Gasteiger partial charge < -0.3 is 9.47 Å². The Bertz CT molecular complexity index is 685. The molecular formula is C21H24O2S2. The second-order valence-electron chi connectivity index (χ2n) is 6.95. The average Bonchev–Trinajstić information content (AvgIpc) is 3.51. The minimum atomic E-state index is 0.789. The molecule has 132 valence electrons. The summed E-state index contributed by atoms with van der Waals surface area (Å²) in [5.41, 5.74) is 0. The molecule has 0 atom stereocenters. The van der Waals surface area contributed by atoms with Crippen molar-refractivity contribution in [1.29, 1.82) is 0 Å². The van der Waals surface area contributed by atoms with Crippen LogP contribution in [0.1, 0.15) is 32.1 Å². The van der Waals surface area contributed by atoms with Crippen LogP contribution in [0.25, 0.3) is 0 Å². The van der Waals surface area contributed by atoms with Gasteiger partial charge in [0.15, 0.2) is 0 Å². The van der Waals surface area contributed by atoms with Crippen LogP contribution in [-0.2, 0) is 4.74 Å². The fourth-order valence-corrected chi connectivity index (χ4v) is 4.55. The maximum Gasteiger partial charge on any atom is 0.120 e. The minimum absolute atomic E-state index is 0.789. The molecule has 0 aliphatic heterocycles. The van der Waals surface area contributed by atoms with E-state index in [1.54, 1.807) is 10.8 Å². The highest BCUT2D eigenvalue weighted by Crippen LogP contribution is 2.40. The molecule has 0 saturated heterocycles. The summed E-state index contributed by atoms with van der Waals surface area (Å²) in [7, 11) is 3.61. The maximum absolute atomic E-state index is 5.87. The molecular weight excluding hydrogens is 348 g/mol. The van der Waals surface area contributed by atoms with Crippen molar-refractivity contribution >= 4 is 21.6 Å². The van der Waals surface area contributed by atoms with E-state index in [0.29, 0.717) is 0 Å². The fraction of sp³-hybridized carbons (Fsp3) is 0.429. The SMILES string of the molecule is C1=CC(OCC2CC2)=CCC(SSc2cccc(OCC3CC3)c2)=C1. The number of hydrogen-bond acceptors (Lipinski definition) is 4. The smallest absolute Gasteiger partial charge is 0.120 e. The third-order valence-electron chi connectivity index (χ3n) is 4.46. The van der Waals surface area contributed by atoms with Crippen LogP contribution in [-0.4, -0.2) is 13.2 Å². The minimum Gasteiger partial charge on any atom is -0.494 e. The van der Waals surface area contributed by atoms with E-state index in [1.807, 2.05) is 10.8 Å². The van der Waals surface area contributed by atoms with Gasteiger partial charge in [0.2, 0.25) is 0 Å². The Morgan fingerprint density at radius 3 is 2.56 bits per heavy atom. The molecule has 4 rings (SSSR count). The van der Waals surface area contributed by atoms with E-state index in [0.717, 1.165) is 43.0 Å². The first-order valence-electron chi connectivity index (χ1n) is 9.13. The molecule has 3 aliphatic carbocycles. The van der Waals surface area contributed by atoms with Crippen LogP contribution in [0.2, 0.25) is 0 Å². The van der Waals surface area contributed by atoms with Gasteiger partial charge >= 0.3 is 0 Å². The van der Waals surface area contributed by atoms with Gasteiger partial charge in [-0.25, -0.2) is 0 Å². The molecule has 0 aromatic heterocycles. The summed E-state index contributed by atoms with van der Waals surface area (Å²) in [5.74, 6) is 3.59. The van der Waals surface area contributed by atoms with Crippen molar-refractivity contribution in [3.8, 4) is 5.75 Å². The molecule has 0 spiro atoms. The predicted octanol–water partition coefficient (Wildman–Crippen LogP) is 6.37. The van der Waals surface area contributed by atoms with Crippen molar-refractivity contribution in [3.05, 3.63) is 59.2 Å². The number of hydrogen-bond donors (Lipinski definition) is 0. The predicted molar refractivity (Wildman–Crippen MR) is 107 cm³/mol. The molecule has 25 heavy (non-hydrogen) atoms. The molecule has 0 bridgehead atoms. The van der Waals surface area contributed by atoms with Gasteiger partial charge in [-0.3, -0.25) is 0 Å². The van der Waals surface area contributed by atoms with Gasteiger partial charge in [0.25, 0.3) is 0 Å². The van der Waals surface area contributed by atoms with Crippen LogP contribution in [0.5, 0.6) is 5.75 Å². The van der Waals surface area contributed by atoms with E-state index in [1.165, 1.54) is 35.5 Å². The molecule has 0 amide bonds. The summed E-state index contributed by atoms with van der Waals surface area (Å²) in [6, 6.07) is 8.43. The summed E-state index contributed by atoms with van der Waals surface area (Å²) >= 11 is 0. The van der Waals surface area contributed by atoms with Crippen LogP contribution in [0.15, 0.2) is 64.1 Å². The first kappa shape index (κ1) is 17.2. The lowest BCUT2D eigenvalue weighted by Crippen LogP contribution is -1.98. The topological polar surface area (TPSA) is 18.5 Å². The van der Waals surface area contributed by atoms with Gasteiger partial charge in [-0.15, -0.1) is 0 Å². The first-order valence-corrected chi connectivity index (χ1v) is 11.3. The fourth-order valence-electron chi connectivity index (χ4n) is 2.47. The summed E-state index contributed by atoms with van der Waals surface area (Å²) in [6.45, 7) is 1.74. The van der Waals surface area contributed by atoms with Gasteiger partial charge in [-0.1, -0.05) is 39.8 Å². The molecule has 0 heterocycles. The number of allylic oxidation sites excluding steroid dienone is 5. The largest absolute Gasteiger partial charge is 0.494 e. The number of ether oxygens (including phenoxy) is 2. The van der Waals surface area contributed by atoms with Crippen LogP contribution >= 0.6 is 21.6 Å². The van der Waals surface area contributed by atoms with E-state index in [4.69, 9.17) is 9.47 Å². The van der Waals surface area contributed by atoms with Crippen molar-refractivity contribution in [2.45, 2.75) is 37.0 Å². The quantitative estimate of drug-likeness (QED) is 0.469. The monoisotopic (exact) mass is 372 g/mol. The molecule has 0 unspecified atom stereocenters. The van der Waals surface area contributed by atoms with Crippen LogP contribution in [0.3, 0.4) is 0 Å². The molecule has 2 saturated carbocycles. The Kier molecular flexibility index (Phi) is 5.78. The van der Waals surface area contributed by atoms with E-state index >= 15 is 0 Å². The molecule has 4 heteroatoms. The summed E-state index contributed by atoms with van der Waals surface area (Å²) in [4.78, 5) is 2.58. The first-order chi connectivity index (χ1) is 12.3. The lowest BCUT2D eigenvalue weighted by Gasteiger charge is -2.08. The maximum atomic E-state index is 5.87. The van der Waals surface area contributed by atoms with Crippen molar-refractivity contribution < 1.29 is 9.47 Å². The molecule has 1 aromatic carbocycles.